The molecule has 160 valence electrons. The number of piperidine rings is 1. The van der Waals surface area contributed by atoms with E-state index in [1.807, 2.05) is 0 Å². The van der Waals surface area contributed by atoms with E-state index < -0.39 is 28.7 Å². The summed E-state index contributed by atoms with van der Waals surface area (Å²) in [7, 11) is 0. The van der Waals surface area contributed by atoms with Crippen molar-refractivity contribution in [1.82, 2.24) is 4.90 Å². The molecule has 0 saturated carbocycles. The first-order valence-corrected chi connectivity index (χ1v) is 9.50. The van der Waals surface area contributed by atoms with Crippen molar-refractivity contribution in [3.05, 3.63) is 58.6 Å². The molecule has 1 heterocycles. The molecule has 0 unspecified atom stereocenters. The number of primary amides is 1. The number of nitrogens with one attached hydrogen (secondary N) is 1. The highest BCUT2D eigenvalue weighted by molar-refractivity contribution is 6.31. The lowest BCUT2D eigenvalue weighted by atomic mass is 10.1. The van der Waals surface area contributed by atoms with Gasteiger partial charge in [0.1, 0.15) is 11.9 Å². The summed E-state index contributed by atoms with van der Waals surface area (Å²) in [6.45, 7) is 0.769. The van der Waals surface area contributed by atoms with E-state index in [1.54, 1.807) is 24.3 Å². The molecule has 2 aromatic carbocycles. The number of nitrogens with zero attached hydrogens (tertiary/aromatic N) is 1. The second-order valence-electron chi connectivity index (χ2n) is 6.82. The zero-order valence-electron chi connectivity index (χ0n) is 15.7. The number of carbonyl (C=O) groups is 2. The van der Waals surface area contributed by atoms with Crippen LogP contribution in [0.3, 0.4) is 0 Å². The third-order valence-corrected chi connectivity index (χ3v) is 5.02. The van der Waals surface area contributed by atoms with Crippen molar-refractivity contribution in [1.29, 1.82) is 0 Å². The van der Waals surface area contributed by atoms with Crippen LogP contribution >= 0.6 is 11.6 Å². The van der Waals surface area contributed by atoms with Gasteiger partial charge < -0.3 is 20.7 Å². The van der Waals surface area contributed by atoms with Gasteiger partial charge in [0.25, 0.3) is 0 Å². The molecule has 0 spiro atoms. The maximum atomic E-state index is 13.0. The fourth-order valence-corrected chi connectivity index (χ4v) is 3.31. The second kappa shape index (κ2) is 8.83. The van der Waals surface area contributed by atoms with Crippen LogP contribution in [0.5, 0.6) is 5.75 Å². The van der Waals surface area contributed by atoms with Crippen LogP contribution in [0, 0.1) is 0 Å². The Morgan fingerprint density at radius 1 is 1.10 bits per heavy atom. The molecule has 1 aliphatic rings. The lowest BCUT2D eigenvalue weighted by Crippen LogP contribution is -2.43. The number of hydrogen-bond donors (Lipinski definition) is 2. The molecule has 0 radical (unpaired) electrons. The lowest BCUT2D eigenvalue weighted by molar-refractivity contribution is -0.137. The van der Waals surface area contributed by atoms with E-state index in [9.17, 15) is 22.8 Å². The molecule has 1 fully saturated rings. The molecule has 30 heavy (non-hydrogen) atoms. The number of ether oxygens (including phenoxy) is 1. The molecule has 3 rings (SSSR count). The Hall–Kier alpha value is -2.94. The minimum atomic E-state index is -4.61. The summed E-state index contributed by atoms with van der Waals surface area (Å²) < 4.78 is 44.7. The van der Waals surface area contributed by atoms with Gasteiger partial charge in [0.05, 0.1) is 10.6 Å². The average molecular weight is 442 g/mol. The van der Waals surface area contributed by atoms with Crippen LogP contribution in [0.2, 0.25) is 5.02 Å². The number of amides is 3. The zero-order chi connectivity index (χ0) is 21.9. The van der Waals surface area contributed by atoms with Gasteiger partial charge in [-0.05, 0) is 42.5 Å². The summed E-state index contributed by atoms with van der Waals surface area (Å²) in [5.41, 5.74) is 4.59. The lowest BCUT2D eigenvalue weighted by Gasteiger charge is -2.32. The van der Waals surface area contributed by atoms with Crippen LogP contribution < -0.4 is 15.8 Å². The van der Waals surface area contributed by atoms with Crippen LogP contribution in [0.15, 0.2) is 42.5 Å². The SMILES string of the molecule is NC(=O)c1ccc(OC2CCN(C(=O)Nc3ccc(Cl)c(C(F)(F)F)c3)CC2)cc1. The van der Waals surface area contributed by atoms with Gasteiger partial charge in [0.15, 0.2) is 0 Å². The van der Waals surface area contributed by atoms with E-state index in [-0.39, 0.29) is 11.8 Å². The number of anilines is 1. The fraction of sp³-hybridized carbons (Fsp3) is 0.300. The topological polar surface area (TPSA) is 84.7 Å². The van der Waals surface area contributed by atoms with Crippen LogP contribution in [0.1, 0.15) is 28.8 Å². The van der Waals surface area contributed by atoms with Crippen molar-refractivity contribution in [2.45, 2.75) is 25.1 Å². The number of rotatable bonds is 4. The van der Waals surface area contributed by atoms with Gasteiger partial charge in [-0.25, -0.2) is 4.79 Å². The first-order chi connectivity index (χ1) is 14.1. The summed E-state index contributed by atoms with van der Waals surface area (Å²) in [5.74, 6) is 0.0626. The Morgan fingerprint density at radius 3 is 2.30 bits per heavy atom. The van der Waals surface area contributed by atoms with Crippen molar-refractivity contribution in [2.75, 3.05) is 18.4 Å². The highest BCUT2D eigenvalue weighted by Crippen LogP contribution is 2.36. The first kappa shape index (κ1) is 21.8. The maximum absolute atomic E-state index is 13.0. The third kappa shape index (κ3) is 5.35. The third-order valence-electron chi connectivity index (χ3n) is 4.69. The molecule has 0 atom stereocenters. The summed E-state index contributed by atoms with van der Waals surface area (Å²) in [4.78, 5) is 25.0. The summed E-state index contributed by atoms with van der Waals surface area (Å²) >= 11 is 5.59. The highest BCUT2D eigenvalue weighted by atomic mass is 35.5. The van der Waals surface area contributed by atoms with Gasteiger partial charge in [-0.15, -0.1) is 0 Å². The van der Waals surface area contributed by atoms with Crippen LogP contribution in [-0.4, -0.2) is 36.0 Å². The molecule has 3 amide bonds. The van der Waals surface area contributed by atoms with Crippen molar-refractivity contribution < 1.29 is 27.5 Å². The van der Waals surface area contributed by atoms with Crippen molar-refractivity contribution in [3.63, 3.8) is 0 Å². The number of alkyl halides is 3. The Morgan fingerprint density at radius 2 is 1.73 bits per heavy atom. The Balaban J connectivity index is 1.53. The summed E-state index contributed by atoms with van der Waals surface area (Å²) in [6, 6.07) is 9.19. The van der Waals surface area contributed by atoms with Gasteiger partial charge in [-0.2, -0.15) is 13.2 Å². The summed E-state index contributed by atoms with van der Waals surface area (Å²) in [6.07, 6.45) is -3.62. The van der Waals surface area contributed by atoms with Crippen molar-refractivity contribution >= 4 is 29.2 Å². The molecule has 1 saturated heterocycles. The summed E-state index contributed by atoms with van der Waals surface area (Å²) in [5, 5.41) is 2.05. The molecule has 1 aliphatic heterocycles. The van der Waals surface area contributed by atoms with E-state index in [1.165, 1.54) is 11.0 Å². The Kier molecular flexibility index (Phi) is 6.40. The quantitative estimate of drug-likeness (QED) is 0.730. The number of benzene rings is 2. The number of likely N-dealkylation sites (tertiary alicyclic amines) is 1. The van der Waals surface area contributed by atoms with Gasteiger partial charge in [-0.1, -0.05) is 11.6 Å². The van der Waals surface area contributed by atoms with Crippen LogP contribution in [0.4, 0.5) is 23.7 Å². The molecule has 10 heteroatoms. The van der Waals surface area contributed by atoms with Crippen LogP contribution in [-0.2, 0) is 6.18 Å². The first-order valence-electron chi connectivity index (χ1n) is 9.12. The molecule has 3 N–H and O–H groups in total. The predicted octanol–water partition coefficient (Wildman–Crippen LogP) is 4.53. The number of nitrogens with two attached hydrogens (primary N) is 1. The maximum Gasteiger partial charge on any atom is 0.417 e. The molecule has 0 bridgehead atoms. The Labute approximate surface area is 175 Å². The van der Waals surface area contributed by atoms with E-state index in [2.05, 4.69) is 5.32 Å². The predicted molar refractivity (Wildman–Crippen MR) is 106 cm³/mol. The van der Waals surface area contributed by atoms with E-state index in [4.69, 9.17) is 22.1 Å². The molecular weight excluding hydrogens is 423 g/mol. The number of urea groups is 1. The minimum Gasteiger partial charge on any atom is -0.490 e. The van der Waals surface area contributed by atoms with E-state index in [0.717, 1.165) is 12.1 Å². The highest BCUT2D eigenvalue weighted by Gasteiger charge is 2.33. The molecule has 0 aromatic heterocycles. The van der Waals surface area contributed by atoms with Crippen molar-refractivity contribution in [2.24, 2.45) is 5.73 Å². The molecule has 2 aromatic rings. The monoisotopic (exact) mass is 441 g/mol. The van der Waals surface area contributed by atoms with E-state index in [0.29, 0.717) is 37.2 Å². The zero-order valence-corrected chi connectivity index (χ0v) is 16.5. The largest absolute Gasteiger partial charge is 0.490 e. The Bertz CT molecular complexity index is 927. The standard InChI is InChI=1S/C20H19ClF3N3O3/c21-17-6-3-13(11-16(17)20(22,23)24)26-19(29)27-9-7-15(8-10-27)30-14-4-1-12(2-5-14)18(25)28/h1-6,11,15H,7-10H2,(H2,25,28)(H,26,29). The normalized spacial score (nSPS) is 15.0. The number of carbonyl (C=O) groups excluding carboxylic acids is 2. The fourth-order valence-electron chi connectivity index (χ4n) is 3.09. The molecular formula is C20H19ClF3N3O3. The number of halogens is 4. The second-order valence-corrected chi connectivity index (χ2v) is 7.22. The van der Waals surface area contributed by atoms with Crippen LogP contribution in [0.25, 0.3) is 0 Å². The van der Waals surface area contributed by atoms with Gasteiger partial charge >= 0.3 is 12.2 Å². The smallest absolute Gasteiger partial charge is 0.417 e. The minimum absolute atomic E-state index is 0.0182. The number of hydrogen-bond acceptors (Lipinski definition) is 3. The van der Waals surface area contributed by atoms with Gasteiger partial charge in [0, 0.05) is 37.2 Å². The van der Waals surface area contributed by atoms with E-state index >= 15 is 0 Å². The van der Waals surface area contributed by atoms with Gasteiger partial charge in [0.2, 0.25) is 5.91 Å². The van der Waals surface area contributed by atoms with Crippen molar-refractivity contribution in [3.8, 4) is 5.75 Å². The van der Waals surface area contributed by atoms with Gasteiger partial charge in [-0.3, -0.25) is 4.79 Å². The molecule has 0 aliphatic carbocycles. The average Bonchev–Trinajstić information content (AvgIpc) is 2.69. The molecule has 6 nitrogen and oxygen atoms in total.